The molecule has 0 unspecified atom stereocenters. The quantitative estimate of drug-likeness (QED) is 0.761. The maximum absolute atomic E-state index is 12.6. The van der Waals surface area contributed by atoms with Crippen molar-refractivity contribution in [3.8, 4) is 0 Å². The second kappa shape index (κ2) is 8.85. The second-order valence-corrected chi connectivity index (χ2v) is 7.74. The van der Waals surface area contributed by atoms with Crippen molar-refractivity contribution in [1.29, 1.82) is 0 Å². The Kier molecular flexibility index (Phi) is 6.80. The van der Waals surface area contributed by atoms with E-state index in [-0.39, 0.29) is 10.8 Å². The van der Waals surface area contributed by atoms with Crippen LogP contribution in [0.5, 0.6) is 0 Å². The van der Waals surface area contributed by atoms with E-state index in [2.05, 4.69) is 11.6 Å². The molecule has 26 heavy (non-hydrogen) atoms. The maximum atomic E-state index is 12.6. The van der Waals surface area contributed by atoms with Crippen LogP contribution in [0.1, 0.15) is 43.1 Å². The number of nitrogens with zero attached hydrogens (tertiary/aromatic N) is 1. The molecule has 0 fully saturated rings. The molecule has 0 aliphatic carbocycles. The largest absolute Gasteiger partial charge is 0.339 e. The summed E-state index contributed by atoms with van der Waals surface area (Å²) in [5.41, 5.74) is 1.95. The zero-order chi connectivity index (χ0) is 19.2. The molecule has 2 aromatic carbocycles. The van der Waals surface area contributed by atoms with Crippen molar-refractivity contribution in [2.45, 2.75) is 38.5 Å². The van der Waals surface area contributed by atoms with Gasteiger partial charge in [0.2, 0.25) is 0 Å². The molecule has 0 aliphatic heterocycles. The lowest BCUT2D eigenvalue weighted by molar-refractivity contribution is 0.0773. The van der Waals surface area contributed by atoms with Crippen molar-refractivity contribution in [3.05, 3.63) is 59.7 Å². The van der Waals surface area contributed by atoms with Gasteiger partial charge >= 0.3 is 0 Å². The van der Waals surface area contributed by atoms with Crippen LogP contribution in [-0.2, 0) is 16.4 Å². The third kappa shape index (κ3) is 4.85. The van der Waals surface area contributed by atoms with Crippen molar-refractivity contribution < 1.29 is 13.2 Å². The van der Waals surface area contributed by atoms with Gasteiger partial charge in [0.15, 0.2) is 0 Å². The first kappa shape index (κ1) is 20.0. The highest BCUT2D eigenvalue weighted by Crippen LogP contribution is 2.19. The van der Waals surface area contributed by atoms with Crippen LogP contribution in [0.4, 0.5) is 5.69 Å². The molecular formula is C20H26N2O3S. The Labute approximate surface area is 156 Å². The first-order chi connectivity index (χ1) is 12.4. The Balaban J connectivity index is 2.21. The van der Waals surface area contributed by atoms with Crippen molar-refractivity contribution in [3.63, 3.8) is 0 Å². The molecule has 0 spiro atoms. The van der Waals surface area contributed by atoms with Gasteiger partial charge in [-0.1, -0.05) is 31.5 Å². The predicted octanol–water partition coefficient (Wildman–Crippen LogP) is 3.92. The molecule has 140 valence electrons. The number of aryl methyl sites for hydroxylation is 1. The van der Waals surface area contributed by atoms with Crippen LogP contribution in [-0.4, -0.2) is 32.3 Å². The zero-order valence-corrected chi connectivity index (χ0v) is 16.3. The molecule has 2 aromatic rings. The van der Waals surface area contributed by atoms with Gasteiger partial charge < -0.3 is 4.90 Å². The van der Waals surface area contributed by atoms with Gasteiger partial charge in [0.25, 0.3) is 15.9 Å². The first-order valence-corrected chi connectivity index (χ1v) is 10.4. The minimum absolute atomic E-state index is 0.111. The fourth-order valence-corrected chi connectivity index (χ4v) is 3.80. The van der Waals surface area contributed by atoms with Crippen LogP contribution in [0.2, 0.25) is 0 Å². The Morgan fingerprint density at radius 3 is 2.23 bits per heavy atom. The molecule has 0 aromatic heterocycles. The van der Waals surface area contributed by atoms with Gasteiger partial charge in [-0.2, -0.15) is 0 Å². The van der Waals surface area contributed by atoms with Gasteiger partial charge in [-0.05, 0) is 56.2 Å². The number of sulfonamides is 1. The summed E-state index contributed by atoms with van der Waals surface area (Å²) in [6.45, 7) is 7.12. The van der Waals surface area contributed by atoms with E-state index in [1.54, 1.807) is 41.3 Å². The lowest BCUT2D eigenvalue weighted by Gasteiger charge is -2.19. The SMILES string of the molecule is CCCc1ccc(S(=O)(=O)Nc2cccc(C(=O)N(CC)CC)c2)cc1. The van der Waals surface area contributed by atoms with E-state index in [0.717, 1.165) is 18.4 Å². The molecule has 0 radical (unpaired) electrons. The number of carbonyl (C=O) groups is 1. The Bertz CT molecular complexity index is 842. The van der Waals surface area contributed by atoms with Crippen molar-refractivity contribution in [2.75, 3.05) is 17.8 Å². The number of hydrogen-bond donors (Lipinski definition) is 1. The monoisotopic (exact) mass is 374 g/mol. The van der Waals surface area contributed by atoms with E-state index in [0.29, 0.717) is 24.3 Å². The maximum Gasteiger partial charge on any atom is 0.261 e. The number of benzene rings is 2. The molecule has 0 bridgehead atoms. The molecule has 5 nitrogen and oxygen atoms in total. The van der Waals surface area contributed by atoms with E-state index >= 15 is 0 Å². The zero-order valence-electron chi connectivity index (χ0n) is 15.5. The van der Waals surface area contributed by atoms with Gasteiger partial charge in [-0.25, -0.2) is 8.42 Å². The highest BCUT2D eigenvalue weighted by Gasteiger charge is 2.16. The summed E-state index contributed by atoms with van der Waals surface area (Å²) < 4.78 is 27.7. The molecule has 1 N–H and O–H groups in total. The van der Waals surface area contributed by atoms with Crippen LogP contribution in [0, 0.1) is 0 Å². The normalized spacial score (nSPS) is 11.2. The summed E-state index contributed by atoms with van der Waals surface area (Å²) in [6, 6.07) is 13.5. The smallest absolute Gasteiger partial charge is 0.261 e. The van der Waals surface area contributed by atoms with Crippen LogP contribution in [0.3, 0.4) is 0 Å². The third-order valence-electron chi connectivity index (χ3n) is 4.18. The number of anilines is 1. The number of amides is 1. The number of hydrogen-bond acceptors (Lipinski definition) is 3. The summed E-state index contributed by atoms with van der Waals surface area (Å²) in [6.07, 6.45) is 1.93. The molecule has 0 saturated heterocycles. The molecule has 0 saturated carbocycles. The average molecular weight is 375 g/mol. The van der Waals surface area contributed by atoms with Crippen molar-refractivity contribution in [1.82, 2.24) is 4.90 Å². The van der Waals surface area contributed by atoms with Gasteiger partial charge in [-0.3, -0.25) is 9.52 Å². The number of rotatable bonds is 8. The Morgan fingerprint density at radius 2 is 1.65 bits per heavy atom. The Hall–Kier alpha value is -2.34. The van der Waals surface area contributed by atoms with Crippen LogP contribution in [0.15, 0.2) is 53.4 Å². The molecule has 6 heteroatoms. The van der Waals surface area contributed by atoms with E-state index in [4.69, 9.17) is 0 Å². The van der Waals surface area contributed by atoms with Gasteiger partial charge in [-0.15, -0.1) is 0 Å². The van der Waals surface area contributed by atoms with Gasteiger partial charge in [0.1, 0.15) is 0 Å². The van der Waals surface area contributed by atoms with E-state index in [9.17, 15) is 13.2 Å². The summed E-state index contributed by atoms with van der Waals surface area (Å²) in [5.74, 6) is -0.111. The lowest BCUT2D eigenvalue weighted by atomic mass is 10.1. The predicted molar refractivity (Wildman–Crippen MR) is 105 cm³/mol. The van der Waals surface area contributed by atoms with Crippen molar-refractivity contribution >= 4 is 21.6 Å². The molecule has 1 amide bonds. The molecule has 0 atom stereocenters. The standard InChI is InChI=1S/C20H26N2O3S/c1-4-8-16-11-13-19(14-12-16)26(24,25)21-18-10-7-9-17(15-18)20(23)22(5-2)6-3/h7,9-15,21H,4-6,8H2,1-3H3. The Morgan fingerprint density at radius 1 is 1.00 bits per heavy atom. The lowest BCUT2D eigenvalue weighted by Crippen LogP contribution is -2.30. The fourth-order valence-electron chi connectivity index (χ4n) is 2.75. The van der Waals surface area contributed by atoms with Gasteiger partial charge in [0.05, 0.1) is 4.90 Å². The highest BCUT2D eigenvalue weighted by atomic mass is 32.2. The summed E-state index contributed by atoms with van der Waals surface area (Å²) in [7, 11) is -3.69. The molecule has 2 rings (SSSR count). The van der Waals surface area contributed by atoms with Crippen LogP contribution >= 0.6 is 0 Å². The molecular weight excluding hydrogens is 348 g/mol. The second-order valence-electron chi connectivity index (χ2n) is 6.06. The van der Waals surface area contributed by atoms with Crippen molar-refractivity contribution in [2.24, 2.45) is 0 Å². The van der Waals surface area contributed by atoms with E-state index in [1.165, 1.54) is 0 Å². The van der Waals surface area contributed by atoms with Crippen LogP contribution < -0.4 is 4.72 Å². The minimum Gasteiger partial charge on any atom is -0.339 e. The topological polar surface area (TPSA) is 66.5 Å². The minimum atomic E-state index is -3.69. The molecule has 0 heterocycles. The van der Waals surface area contributed by atoms with Gasteiger partial charge in [0, 0.05) is 24.3 Å². The molecule has 0 aliphatic rings. The van der Waals surface area contributed by atoms with E-state index in [1.807, 2.05) is 26.0 Å². The van der Waals surface area contributed by atoms with E-state index < -0.39 is 10.0 Å². The fraction of sp³-hybridized carbons (Fsp3) is 0.350. The van der Waals surface area contributed by atoms with Crippen LogP contribution in [0.25, 0.3) is 0 Å². The summed E-state index contributed by atoms with van der Waals surface area (Å²) >= 11 is 0. The number of carbonyl (C=O) groups excluding carboxylic acids is 1. The third-order valence-corrected chi connectivity index (χ3v) is 5.58. The average Bonchev–Trinajstić information content (AvgIpc) is 2.63. The number of nitrogens with one attached hydrogen (secondary N) is 1. The summed E-state index contributed by atoms with van der Waals surface area (Å²) in [4.78, 5) is 14.3. The first-order valence-electron chi connectivity index (χ1n) is 8.92. The highest BCUT2D eigenvalue weighted by molar-refractivity contribution is 7.92. The summed E-state index contributed by atoms with van der Waals surface area (Å²) in [5, 5.41) is 0.